The molecule has 0 saturated carbocycles. The van der Waals surface area contributed by atoms with Crippen molar-refractivity contribution in [2.45, 2.75) is 11.8 Å². The number of aryl methyl sites for hydroxylation is 1. The van der Waals surface area contributed by atoms with Gasteiger partial charge in [-0.1, -0.05) is 35.9 Å². The van der Waals surface area contributed by atoms with Gasteiger partial charge in [-0.25, -0.2) is 9.97 Å². The molecule has 4 aromatic rings. The number of fused-ring (bicyclic) bond motifs is 1. The lowest BCUT2D eigenvalue weighted by Crippen LogP contribution is -2.40. The molecule has 0 radical (unpaired) electrons. The van der Waals surface area contributed by atoms with Gasteiger partial charge in [0.15, 0.2) is 0 Å². The summed E-state index contributed by atoms with van der Waals surface area (Å²) in [5.74, 6) is 0.618. The van der Waals surface area contributed by atoms with Crippen LogP contribution in [0, 0.1) is 6.92 Å². The molecular weight excluding hydrogens is 436 g/mol. The van der Waals surface area contributed by atoms with E-state index in [-0.39, 0.29) is 11.4 Å². The van der Waals surface area contributed by atoms with Crippen LogP contribution in [0.4, 0.5) is 0 Å². The number of hydrogen-bond acceptors (Lipinski definition) is 5. The van der Waals surface area contributed by atoms with Gasteiger partial charge in [0.2, 0.25) is 5.95 Å². The van der Waals surface area contributed by atoms with E-state index in [0.29, 0.717) is 37.8 Å². The Morgan fingerprint density at radius 2 is 1.79 bits per heavy atom. The fraction of sp³-hybridized carbons (Fsp3) is 0.240. The highest BCUT2D eigenvalue weighted by Crippen LogP contribution is 2.31. The van der Waals surface area contributed by atoms with Gasteiger partial charge in [0.05, 0.1) is 18.7 Å². The summed E-state index contributed by atoms with van der Waals surface area (Å²) in [5, 5.41) is 1.09. The smallest absolute Gasteiger partial charge is 0.254 e. The van der Waals surface area contributed by atoms with Gasteiger partial charge in [0.25, 0.3) is 5.91 Å². The minimum Gasteiger partial charge on any atom is -0.412 e. The van der Waals surface area contributed by atoms with Crippen molar-refractivity contribution in [2.75, 3.05) is 32.6 Å². The maximum absolute atomic E-state index is 13.0. The number of carbonyl (C=O) groups is 1. The number of rotatable bonds is 4. The SMILES string of the molecule is CSc1cn(-c2ncc(-c3cccc(C)c3)cn2)c2cc(C(=O)N3CCOCC3)ccc12.O. The topological polar surface area (TPSA) is 91.8 Å². The van der Waals surface area contributed by atoms with Crippen molar-refractivity contribution in [1.29, 1.82) is 0 Å². The molecule has 0 spiro atoms. The van der Waals surface area contributed by atoms with Crippen molar-refractivity contribution in [1.82, 2.24) is 19.4 Å². The third-order valence-corrected chi connectivity index (χ3v) is 6.50. The van der Waals surface area contributed by atoms with Gasteiger partial charge in [-0.15, -0.1) is 11.8 Å². The van der Waals surface area contributed by atoms with E-state index in [4.69, 9.17) is 4.74 Å². The summed E-state index contributed by atoms with van der Waals surface area (Å²) >= 11 is 1.67. The summed E-state index contributed by atoms with van der Waals surface area (Å²) in [6, 6.07) is 14.2. The molecule has 0 atom stereocenters. The molecule has 2 N–H and O–H groups in total. The number of hydrogen-bond donors (Lipinski definition) is 0. The van der Waals surface area contributed by atoms with Crippen molar-refractivity contribution >= 4 is 28.6 Å². The Labute approximate surface area is 196 Å². The van der Waals surface area contributed by atoms with Crippen LogP contribution in [0.5, 0.6) is 0 Å². The molecule has 2 aromatic heterocycles. The maximum Gasteiger partial charge on any atom is 0.254 e. The van der Waals surface area contributed by atoms with Crippen LogP contribution in [0.1, 0.15) is 15.9 Å². The first-order chi connectivity index (χ1) is 15.6. The molecule has 33 heavy (non-hydrogen) atoms. The molecule has 1 saturated heterocycles. The predicted octanol–water partition coefficient (Wildman–Crippen LogP) is 3.77. The summed E-state index contributed by atoms with van der Waals surface area (Å²) < 4.78 is 7.35. The largest absolute Gasteiger partial charge is 0.412 e. The zero-order chi connectivity index (χ0) is 22.1. The molecule has 2 aromatic carbocycles. The lowest BCUT2D eigenvalue weighted by Gasteiger charge is -2.26. The minimum atomic E-state index is 0. The van der Waals surface area contributed by atoms with E-state index in [1.165, 1.54) is 5.56 Å². The standard InChI is InChI=1S/C25H24N4O2S.H2O/c1-17-4-3-5-18(12-17)20-14-26-25(27-15-20)29-16-23(32-2)21-7-6-19(13-22(21)29)24(30)28-8-10-31-11-9-28;/h3-7,12-16H,8-11H2,1-2H3;1H2. The second-order valence-corrected chi connectivity index (χ2v) is 8.69. The molecule has 5 rings (SSSR count). The average Bonchev–Trinajstić information content (AvgIpc) is 3.22. The van der Waals surface area contributed by atoms with Gasteiger partial charge in [0, 0.05) is 53.1 Å². The number of nitrogens with zero attached hydrogens (tertiary/aromatic N) is 4. The van der Waals surface area contributed by atoms with E-state index in [2.05, 4.69) is 35.1 Å². The molecule has 7 nitrogen and oxygen atoms in total. The van der Waals surface area contributed by atoms with E-state index in [1.807, 2.05) is 58.6 Å². The Balaban J connectivity index is 0.00000259. The third-order valence-electron chi connectivity index (χ3n) is 5.74. The Kier molecular flexibility index (Phi) is 6.78. The molecule has 0 aliphatic carbocycles. The second-order valence-electron chi connectivity index (χ2n) is 7.85. The molecule has 3 heterocycles. The Hall–Kier alpha value is -3.20. The van der Waals surface area contributed by atoms with Crippen molar-refractivity contribution in [2.24, 2.45) is 0 Å². The first-order valence-electron chi connectivity index (χ1n) is 10.6. The lowest BCUT2D eigenvalue weighted by molar-refractivity contribution is 0.0303. The number of ether oxygens (including phenoxy) is 1. The van der Waals surface area contributed by atoms with Gasteiger partial charge in [-0.05, 0) is 30.9 Å². The van der Waals surface area contributed by atoms with Crippen LogP contribution < -0.4 is 0 Å². The fourth-order valence-electron chi connectivity index (χ4n) is 4.03. The van der Waals surface area contributed by atoms with Gasteiger partial charge >= 0.3 is 0 Å². The maximum atomic E-state index is 13.0. The molecule has 8 heteroatoms. The number of aromatic nitrogens is 3. The van der Waals surface area contributed by atoms with E-state index < -0.39 is 0 Å². The summed E-state index contributed by atoms with van der Waals surface area (Å²) in [5.41, 5.74) is 4.86. The van der Waals surface area contributed by atoms with Crippen molar-refractivity contribution < 1.29 is 15.0 Å². The van der Waals surface area contributed by atoms with Gasteiger partial charge in [0.1, 0.15) is 0 Å². The molecule has 0 bridgehead atoms. The summed E-state index contributed by atoms with van der Waals surface area (Å²) in [4.78, 5) is 25.3. The van der Waals surface area contributed by atoms with Gasteiger partial charge in [-0.3, -0.25) is 9.36 Å². The van der Waals surface area contributed by atoms with Crippen molar-refractivity contribution in [3.63, 3.8) is 0 Å². The van der Waals surface area contributed by atoms with Gasteiger partial charge in [-0.2, -0.15) is 0 Å². The van der Waals surface area contributed by atoms with Crippen LogP contribution in [0.15, 0.2) is 66.0 Å². The highest BCUT2D eigenvalue weighted by Gasteiger charge is 2.20. The van der Waals surface area contributed by atoms with E-state index >= 15 is 0 Å². The first kappa shape index (κ1) is 23.0. The van der Waals surface area contributed by atoms with Gasteiger partial charge < -0.3 is 15.1 Å². The number of carbonyl (C=O) groups excluding carboxylic acids is 1. The average molecular weight is 463 g/mol. The predicted molar refractivity (Wildman–Crippen MR) is 131 cm³/mol. The zero-order valence-electron chi connectivity index (χ0n) is 18.6. The molecule has 170 valence electrons. The second kappa shape index (κ2) is 9.74. The Morgan fingerprint density at radius 1 is 1.03 bits per heavy atom. The third kappa shape index (κ3) is 4.50. The normalized spacial score (nSPS) is 13.7. The fourth-order valence-corrected chi connectivity index (χ4v) is 4.63. The first-order valence-corrected chi connectivity index (χ1v) is 11.8. The number of benzene rings is 2. The van der Waals surface area contributed by atoms with Crippen LogP contribution in [0.3, 0.4) is 0 Å². The minimum absolute atomic E-state index is 0. The molecule has 1 fully saturated rings. The summed E-state index contributed by atoms with van der Waals surface area (Å²) in [7, 11) is 0. The van der Waals surface area contributed by atoms with E-state index in [9.17, 15) is 4.79 Å². The molecular formula is C25H26N4O3S. The highest BCUT2D eigenvalue weighted by atomic mass is 32.2. The van der Waals surface area contributed by atoms with Crippen molar-refractivity contribution in [3.8, 4) is 17.1 Å². The van der Waals surface area contributed by atoms with Crippen LogP contribution in [-0.4, -0.2) is 63.4 Å². The number of amides is 1. The van der Waals surface area contributed by atoms with E-state index in [0.717, 1.165) is 26.9 Å². The molecule has 1 aliphatic heterocycles. The Bertz CT molecular complexity index is 1280. The van der Waals surface area contributed by atoms with Crippen LogP contribution in [0.2, 0.25) is 0 Å². The van der Waals surface area contributed by atoms with Crippen molar-refractivity contribution in [3.05, 3.63) is 72.2 Å². The van der Waals surface area contributed by atoms with E-state index in [1.54, 1.807) is 11.8 Å². The summed E-state index contributed by atoms with van der Waals surface area (Å²) in [6.45, 7) is 4.49. The zero-order valence-corrected chi connectivity index (χ0v) is 19.4. The monoisotopic (exact) mass is 462 g/mol. The molecule has 1 aliphatic rings. The molecule has 0 unspecified atom stereocenters. The highest BCUT2D eigenvalue weighted by molar-refractivity contribution is 7.98. The molecule has 1 amide bonds. The number of morpholine rings is 1. The van der Waals surface area contributed by atoms with Crippen LogP contribution >= 0.6 is 11.8 Å². The van der Waals surface area contributed by atoms with Crippen LogP contribution in [-0.2, 0) is 4.74 Å². The van der Waals surface area contributed by atoms with Crippen LogP contribution in [0.25, 0.3) is 28.0 Å². The lowest BCUT2D eigenvalue weighted by atomic mass is 10.1. The quantitative estimate of drug-likeness (QED) is 0.431. The Morgan fingerprint density at radius 3 is 2.48 bits per heavy atom. The number of thioether (sulfide) groups is 1. The summed E-state index contributed by atoms with van der Waals surface area (Å²) in [6.07, 6.45) is 7.79.